The maximum absolute atomic E-state index is 12.4. The molecule has 0 saturated carbocycles. The van der Waals surface area contributed by atoms with E-state index >= 15 is 0 Å². The van der Waals surface area contributed by atoms with Gasteiger partial charge in [-0.25, -0.2) is 0 Å². The molecular weight excluding hydrogens is 734 g/mol. The van der Waals surface area contributed by atoms with Crippen LogP contribution in [-0.4, -0.2) is 84.9 Å². The normalized spacial score (nSPS) is 12.8. The Bertz CT molecular complexity index is 776. The highest BCUT2D eigenvalue weighted by atomic mass is 31.2. The summed E-state index contributed by atoms with van der Waals surface area (Å²) in [6, 6.07) is 0. The Labute approximate surface area is 312 Å². The van der Waals surface area contributed by atoms with E-state index in [0.717, 1.165) is 0 Å². The highest BCUT2D eigenvalue weighted by Gasteiger charge is 2.81. The third kappa shape index (κ3) is 18.7. The molecule has 0 amide bonds. The van der Waals surface area contributed by atoms with Crippen LogP contribution in [0.3, 0.4) is 0 Å². The Morgan fingerprint density at radius 1 is 0.365 bits per heavy atom. The van der Waals surface area contributed by atoms with Gasteiger partial charge >= 0.3 is 23.7 Å². The molecule has 0 rings (SSSR count). The van der Waals surface area contributed by atoms with Gasteiger partial charge in [-0.3, -0.25) is 0 Å². The predicted molar refractivity (Wildman–Crippen MR) is 202 cm³/mol. The summed E-state index contributed by atoms with van der Waals surface area (Å²) in [6.07, 6.45) is 35.9. The number of halogens is 8. The minimum atomic E-state index is -7.22. The van der Waals surface area contributed by atoms with Gasteiger partial charge in [-0.2, -0.15) is 35.1 Å². The number of rotatable bonds is 29. The monoisotopic (exact) mass is 806 g/mol. The lowest BCUT2D eigenvalue weighted by molar-refractivity contribution is -0.404. The van der Waals surface area contributed by atoms with Crippen LogP contribution in [0.1, 0.15) is 158 Å². The van der Waals surface area contributed by atoms with Crippen LogP contribution in [0.5, 0.6) is 0 Å². The Kier molecular flexibility index (Phi) is 30.6. The average molecular weight is 807 g/mol. The van der Waals surface area contributed by atoms with Gasteiger partial charge in [0.15, 0.2) is 0 Å². The molecule has 0 aliphatic carbocycles. The predicted octanol–water partition coefficient (Wildman–Crippen LogP) is 11.4. The van der Waals surface area contributed by atoms with E-state index in [1.807, 2.05) is 0 Å². The van der Waals surface area contributed by atoms with Crippen molar-refractivity contribution in [2.75, 3.05) is 49.3 Å². The number of hydrogen-bond acceptors (Lipinski definition) is 4. The SMILES string of the molecule is CCCC[P+](CCCC)(CCCC)CCCC.CCCC[P+](CCCC)(CCCC)CCCC.O=C([O-])C(F)(F)C(F)(F)C(F)(F)C(F)(F)C(=O)[O-]. The minimum Gasteiger partial charge on any atom is -0.544 e. The number of carboxylic acid groups (broad SMARTS) is 2. The Balaban J connectivity index is -0.000000693. The summed E-state index contributed by atoms with van der Waals surface area (Å²) in [6.45, 7) is 18.8. The van der Waals surface area contributed by atoms with Crippen LogP contribution in [0.15, 0.2) is 0 Å². The van der Waals surface area contributed by atoms with Crippen molar-refractivity contribution in [3.05, 3.63) is 0 Å². The maximum atomic E-state index is 12.4. The molecule has 0 N–H and O–H groups in total. The Morgan fingerprint density at radius 2 is 0.500 bits per heavy atom. The molecule has 0 aromatic heterocycles. The molecule has 0 bridgehead atoms. The highest BCUT2D eigenvalue weighted by molar-refractivity contribution is 7.76. The van der Waals surface area contributed by atoms with Crippen LogP contribution in [0.25, 0.3) is 0 Å². The van der Waals surface area contributed by atoms with Gasteiger partial charge in [-0.1, -0.05) is 107 Å². The summed E-state index contributed by atoms with van der Waals surface area (Å²) in [7, 11) is -1.12. The van der Waals surface area contributed by atoms with E-state index in [1.54, 1.807) is 49.3 Å². The minimum absolute atomic E-state index is 0.562. The van der Waals surface area contributed by atoms with Gasteiger partial charge in [0.1, 0.15) is 11.9 Å². The topological polar surface area (TPSA) is 80.3 Å². The van der Waals surface area contributed by atoms with Gasteiger partial charge in [0, 0.05) is 14.5 Å². The highest BCUT2D eigenvalue weighted by Crippen LogP contribution is 2.62. The summed E-state index contributed by atoms with van der Waals surface area (Å²) in [5.41, 5.74) is 0. The summed E-state index contributed by atoms with van der Waals surface area (Å²) in [5.74, 6) is -36.1. The molecule has 14 heteroatoms. The van der Waals surface area contributed by atoms with Crippen molar-refractivity contribution < 1.29 is 54.9 Å². The third-order valence-electron chi connectivity index (χ3n) is 9.58. The van der Waals surface area contributed by atoms with Crippen LogP contribution in [-0.2, 0) is 9.59 Å². The zero-order chi connectivity index (χ0) is 41.1. The molecule has 0 saturated heterocycles. The van der Waals surface area contributed by atoms with E-state index in [-0.39, 0.29) is 0 Å². The van der Waals surface area contributed by atoms with Crippen LogP contribution >= 0.6 is 14.5 Å². The van der Waals surface area contributed by atoms with E-state index in [0.29, 0.717) is 0 Å². The standard InChI is InChI=1S/2C16H36P.C6H2F8O4/c2*1-5-9-13-17(14-10-6-2,15-11-7-3)16-12-8-4;7-3(8,1(15)16)5(11,12)6(13,14)4(9,10)2(17)18/h2*5-16H2,1-4H3;(H,15,16)(H,17,18)/q2*+1;/p-2. The van der Waals surface area contributed by atoms with Crippen LogP contribution in [0.2, 0.25) is 0 Å². The fourth-order valence-electron chi connectivity index (χ4n) is 5.94. The van der Waals surface area contributed by atoms with Crippen LogP contribution in [0.4, 0.5) is 35.1 Å². The second kappa shape index (κ2) is 28.6. The Hall–Kier alpha value is -0.760. The number of hydrogen-bond donors (Lipinski definition) is 0. The van der Waals surface area contributed by atoms with Crippen LogP contribution in [0, 0.1) is 0 Å². The van der Waals surface area contributed by atoms with E-state index < -0.39 is 50.2 Å². The molecule has 0 aromatic carbocycles. The molecule has 0 radical (unpaired) electrons. The van der Waals surface area contributed by atoms with Gasteiger partial charge < -0.3 is 19.8 Å². The van der Waals surface area contributed by atoms with E-state index in [1.165, 1.54) is 103 Å². The molecule has 52 heavy (non-hydrogen) atoms. The molecule has 0 fully saturated rings. The van der Waals surface area contributed by atoms with E-state index in [2.05, 4.69) is 55.4 Å². The average Bonchev–Trinajstić information content (AvgIpc) is 3.10. The number of carbonyl (C=O) groups is 2. The van der Waals surface area contributed by atoms with E-state index in [9.17, 15) is 54.9 Å². The fraction of sp³-hybridized carbons (Fsp3) is 0.947. The number of carbonyl (C=O) groups excluding carboxylic acids is 2. The van der Waals surface area contributed by atoms with E-state index in [4.69, 9.17) is 0 Å². The number of alkyl halides is 8. The zero-order valence-corrected chi connectivity index (χ0v) is 35.3. The van der Waals surface area contributed by atoms with Gasteiger partial charge in [0.05, 0.1) is 49.3 Å². The van der Waals surface area contributed by atoms with Crippen molar-refractivity contribution in [1.82, 2.24) is 0 Å². The lowest BCUT2D eigenvalue weighted by atomic mass is 9.99. The molecule has 0 aromatic rings. The zero-order valence-electron chi connectivity index (χ0n) is 33.5. The lowest BCUT2D eigenvalue weighted by Crippen LogP contribution is -2.69. The van der Waals surface area contributed by atoms with Crippen molar-refractivity contribution in [2.24, 2.45) is 0 Å². The maximum Gasteiger partial charge on any atom is 0.384 e. The molecule has 0 aliphatic heterocycles. The largest absolute Gasteiger partial charge is 0.544 e. The summed E-state index contributed by atoms with van der Waals surface area (Å²) in [5, 5.41) is 19.1. The summed E-state index contributed by atoms with van der Waals surface area (Å²) in [4.78, 5) is 19.1. The van der Waals surface area contributed by atoms with Gasteiger partial charge in [0.25, 0.3) is 0 Å². The second-order valence-electron chi connectivity index (χ2n) is 14.2. The molecular formula is C38H72F8O4P2. The first-order valence-corrected chi connectivity index (χ1v) is 24.8. The summed E-state index contributed by atoms with van der Waals surface area (Å²) < 4.78 is 98.3. The van der Waals surface area contributed by atoms with Crippen molar-refractivity contribution in [1.29, 1.82) is 0 Å². The van der Waals surface area contributed by atoms with Crippen molar-refractivity contribution in [3.63, 3.8) is 0 Å². The molecule has 0 atom stereocenters. The molecule has 0 spiro atoms. The van der Waals surface area contributed by atoms with Gasteiger partial charge in [-0.15, -0.1) is 0 Å². The molecule has 4 nitrogen and oxygen atoms in total. The molecule has 0 heterocycles. The first-order chi connectivity index (χ1) is 24.1. The number of unbranched alkanes of at least 4 members (excludes halogenated alkanes) is 8. The Morgan fingerprint density at radius 3 is 0.596 bits per heavy atom. The number of carboxylic acids is 2. The smallest absolute Gasteiger partial charge is 0.384 e. The third-order valence-corrected chi connectivity index (χ3v) is 19.7. The number of aliphatic carboxylic acids is 2. The van der Waals surface area contributed by atoms with Gasteiger partial charge in [-0.05, 0) is 51.4 Å². The quantitative estimate of drug-likeness (QED) is 0.0557. The first-order valence-electron chi connectivity index (χ1n) is 19.8. The van der Waals surface area contributed by atoms with Crippen molar-refractivity contribution in [3.8, 4) is 0 Å². The molecule has 0 unspecified atom stereocenters. The van der Waals surface area contributed by atoms with Crippen molar-refractivity contribution >= 4 is 26.5 Å². The first kappa shape index (κ1) is 55.6. The fourth-order valence-corrected chi connectivity index (χ4v) is 16.5. The van der Waals surface area contributed by atoms with Crippen LogP contribution < -0.4 is 10.2 Å². The molecule has 0 aliphatic rings. The van der Waals surface area contributed by atoms with Gasteiger partial charge in [0.2, 0.25) is 0 Å². The molecule has 314 valence electrons. The van der Waals surface area contributed by atoms with Crippen molar-refractivity contribution in [2.45, 2.75) is 182 Å². The summed E-state index contributed by atoms with van der Waals surface area (Å²) >= 11 is 0. The second-order valence-corrected chi connectivity index (χ2v) is 23.1. The lowest BCUT2D eigenvalue weighted by Gasteiger charge is -2.37.